The lowest BCUT2D eigenvalue weighted by atomic mass is 10.1. The lowest BCUT2D eigenvalue weighted by molar-refractivity contribution is 0.0907. The van der Waals surface area contributed by atoms with Gasteiger partial charge in [-0.05, 0) is 24.6 Å². The second kappa shape index (κ2) is 6.17. The van der Waals surface area contributed by atoms with Gasteiger partial charge in [-0.25, -0.2) is 0 Å². The molecule has 0 spiro atoms. The van der Waals surface area contributed by atoms with Crippen molar-refractivity contribution in [3.05, 3.63) is 65.8 Å². The first-order chi connectivity index (χ1) is 10.7. The summed E-state index contributed by atoms with van der Waals surface area (Å²) in [5.74, 6) is -0.0878. The molecule has 0 unspecified atom stereocenters. The van der Waals surface area contributed by atoms with Gasteiger partial charge >= 0.3 is 11.8 Å². The molecule has 1 N–H and O–H groups in total. The van der Waals surface area contributed by atoms with Crippen LogP contribution in [0.2, 0.25) is 0 Å². The summed E-state index contributed by atoms with van der Waals surface area (Å²) >= 11 is 0. The number of nitrogens with one attached hydrogen (secondary N) is 1. The summed E-state index contributed by atoms with van der Waals surface area (Å²) in [5.41, 5.74) is 2.93. The predicted octanol–water partition coefficient (Wildman–Crippen LogP) is 2.37. The van der Waals surface area contributed by atoms with Gasteiger partial charge in [0.25, 0.3) is 0 Å². The van der Waals surface area contributed by atoms with Gasteiger partial charge in [0.1, 0.15) is 0 Å². The van der Waals surface area contributed by atoms with E-state index >= 15 is 0 Å². The molecule has 0 bridgehead atoms. The van der Waals surface area contributed by atoms with Crippen molar-refractivity contribution in [1.29, 1.82) is 0 Å². The van der Waals surface area contributed by atoms with Crippen molar-refractivity contribution in [3.63, 3.8) is 0 Å². The lowest BCUT2D eigenvalue weighted by Crippen LogP contribution is -2.23. The number of carbonyl (C=O) groups excluding carboxylic acids is 1. The van der Waals surface area contributed by atoms with Crippen molar-refractivity contribution >= 4 is 5.91 Å². The van der Waals surface area contributed by atoms with Crippen molar-refractivity contribution in [3.8, 4) is 11.4 Å². The summed E-state index contributed by atoms with van der Waals surface area (Å²) in [6.45, 7) is 2.42. The molecule has 3 rings (SSSR count). The van der Waals surface area contributed by atoms with Crippen LogP contribution in [0.25, 0.3) is 11.4 Å². The quantitative estimate of drug-likeness (QED) is 0.799. The number of amides is 1. The SMILES string of the molecule is Cc1ccc(CNC(=O)c2nc(-c3ccncc3)no2)cc1. The van der Waals surface area contributed by atoms with Gasteiger partial charge < -0.3 is 9.84 Å². The van der Waals surface area contributed by atoms with Crippen molar-refractivity contribution in [1.82, 2.24) is 20.4 Å². The standard InChI is InChI=1S/C16H14N4O2/c1-11-2-4-12(5-3-11)10-18-15(21)16-19-14(20-22-16)13-6-8-17-9-7-13/h2-9H,10H2,1H3,(H,18,21). The van der Waals surface area contributed by atoms with Crippen LogP contribution in [0.1, 0.15) is 21.8 Å². The minimum atomic E-state index is -0.395. The van der Waals surface area contributed by atoms with Crippen LogP contribution in [0.3, 0.4) is 0 Å². The van der Waals surface area contributed by atoms with E-state index in [1.54, 1.807) is 24.5 Å². The number of hydrogen-bond acceptors (Lipinski definition) is 5. The van der Waals surface area contributed by atoms with Crippen LogP contribution in [-0.4, -0.2) is 21.0 Å². The van der Waals surface area contributed by atoms with Gasteiger partial charge in [0.15, 0.2) is 0 Å². The molecule has 0 aliphatic carbocycles. The number of rotatable bonds is 4. The lowest BCUT2D eigenvalue weighted by Gasteiger charge is -2.02. The van der Waals surface area contributed by atoms with E-state index in [1.807, 2.05) is 31.2 Å². The van der Waals surface area contributed by atoms with Crippen LogP contribution in [0.15, 0.2) is 53.3 Å². The summed E-state index contributed by atoms with van der Waals surface area (Å²) in [4.78, 5) is 20.0. The van der Waals surface area contributed by atoms with E-state index in [4.69, 9.17) is 4.52 Å². The smallest absolute Gasteiger partial charge is 0.316 e. The molecular formula is C16H14N4O2. The van der Waals surface area contributed by atoms with Gasteiger partial charge in [-0.15, -0.1) is 0 Å². The van der Waals surface area contributed by atoms with Crippen LogP contribution in [-0.2, 0) is 6.54 Å². The zero-order valence-electron chi connectivity index (χ0n) is 12.0. The third-order valence-corrected chi connectivity index (χ3v) is 3.13. The van der Waals surface area contributed by atoms with Gasteiger partial charge in [0.05, 0.1) is 0 Å². The van der Waals surface area contributed by atoms with Crippen molar-refractivity contribution in [2.24, 2.45) is 0 Å². The maximum absolute atomic E-state index is 12.0. The minimum absolute atomic E-state index is 0.0566. The predicted molar refractivity (Wildman–Crippen MR) is 79.9 cm³/mol. The molecule has 6 heteroatoms. The Kier molecular flexibility index (Phi) is 3.91. The van der Waals surface area contributed by atoms with Gasteiger partial charge in [0, 0.05) is 24.5 Å². The van der Waals surface area contributed by atoms with Gasteiger partial charge in [-0.3, -0.25) is 9.78 Å². The molecule has 2 aromatic heterocycles. The zero-order chi connectivity index (χ0) is 15.4. The highest BCUT2D eigenvalue weighted by Crippen LogP contribution is 2.13. The van der Waals surface area contributed by atoms with Gasteiger partial charge in [-0.2, -0.15) is 4.98 Å². The minimum Gasteiger partial charge on any atom is -0.344 e. The molecular weight excluding hydrogens is 280 g/mol. The van der Waals surface area contributed by atoms with E-state index < -0.39 is 5.91 Å². The van der Waals surface area contributed by atoms with E-state index in [2.05, 4.69) is 20.4 Å². The number of benzene rings is 1. The van der Waals surface area contributed by atoms with Crippen molar-refractivity contribution < 1.29 is 9.32 Å². The highest BCUT2D eigenvalue weighted by Gasteiger charge is 2.15. The number of aryl methyl sites for hydroxylation is 1. The fourth-order valence-corrected chi connectivity index (χ4v) is 1.90. The number of pyridine rings is 1. The number of nitrogens with zero attached hydrogens (tertiary/aromatic N) is 3. The molecule has 0 saturated heterocycles. The summed E-state index contributed by atoms with van der Waals surface area (Å²) in [7, 11) is 0. The molecule has 0 fully saturated rings. The zero-order valence-corrected chi connectivity index (χ0v) is 12.0. The van der Waals surface area contributed by atoms with Gasteiger partial charge in [-0.1, -0.05) is 35.0 Å². The molecule has 0 atom stereocenters. The monoisotopic (exact) mass is 294 g/mol. The van der Waals surface area contributed by atoms with Crippen LogP contribution in [0, 0.1) is 6.92 Å². The fourth-order valence-electron chi connectivity index (χ4n) is 1.90. The third-order valence-electron chi connectivity index (χ3n) is 3.13. The molecule has 0 aliphatic heterocycles. The van der Waals surface area contributed by atoms with Crippen molar-refractivity contribution in [2.45, 2.75) is 13.5 Å². The largest absolute Gasteiger partial charge is 0.344 e. The maximum Gasteiger partial charge on any atom is 0.316 e. The highest BCUT2D eigenvalue weighted by molar-refractivity contribution is 5.89. The molecule has 1 aromatic carbocycles. The highest BCUT2D eigenvalue weighted by atomic mass is 16.5. The fraction of sp³-hybridized carbons (Fsp3) is 0.125. The first kappa shape index (κ1) is 13.9. The Balaban J connectivity index is 1.66. The van der Waals surface area contributed by atoms with E-state index in [9.17, 15) is 4.79 Å². The molecule has 0 aliphatic rings. The topological polar surface area (TPSA) is 80.9 Å². The molecule has 1 amide bonds. The Morgan fingerprint density at radius 2 is 1.86 bits per heavy atom. The molecule has 0 radical (unpaired) electrons. The van der Waals surface area contributed by atoms with Crippen LogP contribution >= 0.6 is 0 Å². The Morgan fingerprint density at radius 1 is 1.14 bits per heavy atom. The summed E-state index contributed by atoms with van der Waals surface area (Å²) < 4.78 is 4.99. The summed E-state index contributed by atoms with van der Waals surface area (Å²) in [6.07, 6.45) is 3.26. The van der Waals surface area contributed by atoms with Crippen LogP contribution in [0.5, 0.6) is 0 Å². The maximum atomic E-state index is 12.0. The summed E-state index contributed by atoms with van der Waals surface area (Å²) in [5, 5.41) is 6.55. The second-order valence-corrected chi connectivity index (χ2v) is 4.83. The van der Waals surface area contributed by atoms with Crippen LogP contribution in [0.4, 0.5) is 0 Å². The van der Waals surface area contributed by atoms with Gasteiger partial charge in [0.2, 0.25) is 5.82 Å². The average molecular weight is 294 g/mol. The van der Waals surface area contributed by atoms with E-state index in [1.165, 1.54) is 5.56 Å². The van der Waals surface area contributed by atoms with Crippen LogP contribution < -0.4 is 5.32 Å². The molecule has 110 valence electrons. The Bertz CT molecular complexity index is 766. The number of hydrogen-bond donors (Lipinski definition) is 1. The average Bonchev–Trinajstić information content (AvgIpc) is 3.05. The molecule has 3 aromatic rings. The Hall–Kier alpha value is -3.02. The van der Waals surface area contributed by atoms with E-state index in [0.29, 0.717) is 12.4 Å². The normalized spacial score (nSPS) is 10.4. The van der Waals surface area contributed by atoms with E-state index in [0.717, 1.165) is 11.1 Å². The Labute approximate surface area is 127 Å². The molecule has 6 nitrogen and oxygen atoms in total. The first-order valence-corrected chi connectivity index (χ1v) is 6.80. The second-order valence-electron chi connectivity index (χ2n) is 4.83. The van der Waals surface area contributed by atoms with E-state index in [-0.39, 0.29) is 5.89 Å². The molecule has 22 heavy (non-hydrogen) atoms. The van der Waals surface area contributed by atoms with Crippen molar-refractivity contribution in [2.75, 3.05) is 0 Å². The number of aromatic nitrogens is 3. The third kappa shape index (κ3) is 3.17. The molecule has 0 saturated carbocycles. The number of carbonyl (C=O) groups is 1. The molecule has 2 heterocycles. The summed E-state index contributed by atoms with van der Waals surface area (Å²) in [6, 6.07) is 11.4. The first-order valence-electron chi connectivity index (χ1n) is 6.80. The Morgan fingerprint density at radius 3 is 2.59 bits per heavy atom.